The smallest absolute Gasteiger partial charge is 0.302 e. The number of aliphatic hydroxyl groups excluding tert-OH is 1. The van der Waals surface area contributed by atoms with E-state index in [1.54, 1.807) is 0 Å². The number of hydrogen-bond acceptors (Lipinski definition) is 3. The molecular weight excluding hydrogens is 252 g/mol. The number of rotatable bonds is 10. The van der Waals surface area contributed by atoms with Crippen LogP contribution in [0.1, 0.15) is 59.8 Å². The summed E-state index contributed by atoms with van der Waals surface area (Å²) in [5.74, 6) is 0.0613. The Morgan fingerprint density at radius 1 is 1.25 bits per heavy atom. The molecule has 0 bridgehead atoms. The first-order valence-corrected chi connectivity index (χ1v) is 7.66. The zero-order valence-corrected chi connectivity index (χ0v) is 13.3. The molecule has 0 aliphatic heterocycles. The summed E-state index contributed by atoms with van der Waals surface area (Å²) >= 11 is 0. The fraction of sp³-hybridized carbons (Fsp3) is 0.706. The van der Waals surface area contributed by atoms with Gasteiger partial charge in [0.1, 0.15) is 6.10 Å². The van der Waals surface area contributed by atoms with E-state index < -0.39 is 0 Å². The topological polar surface area (TPSA) is 46.5 Å². The zero-order chi connectivity index (χ0) is 15.4. The van der Waals surface area contributed by atoms with Crippen molar-refractivity contribution in [3.8, 4) is 0 Å². The normalized spacial score (nSPS) is 15.1. The molecule has 116 valence electrons. The molecule has 0 rings (SSSR count). The van der Waals surface area contributed by atoms with E-state index in [1.807, 2.05) is 38.2 Å². The van der Waals surface area contributed by atoms with E-state index in [0.717, 1.165) is 12.8 Å². The molecule has 0 fully saturated rings. The Hall–Kier alpha value is -1.09. The van der Waals surface area contributed by atoms with Crippen molar-refractivity contribution < 1.29 is 14.6 Å². The van der Waals surface area contributed by atoms with Crippen LogP contribution in [0.5, 0.6) is 0 Å². The second-order valence-electron chi connectivity index (χ2n) is 5.50. The van der Waals surface area contributed by atoms with Crippen molar-refractivity contribution >= 4 is 5.97 Å². The number of carbonyl (C=O) groups is 1. The summed E-state index contributed by atoms with van der Waals surface area (Å²) in [7, 11) is 0. The summed E-state index contributed by atoms with van der Waals surface area (Å²) in [6.45, 7) is 7.66. The molecule has 0 aromatic heterocycles. The lowest BCUT2D eigenvalue weighted by Crippen LogP contribution is -2.21. The molecule has 0 unspecified atom stereocenters. The molecule has 0 aromatic carbocycles. The highest BCUT2D eigenvalue weighted by Gasteiger charge is 2.14. The number of allylic oxidation sites excluding steroid dienone is 2. The first-order valence-electron chi connectivity index (χ1n) is 7.66. The van der Waals surface area contributed by atoms with E-state index in [2.05, 4.69) is 6.92 Å². The molecule has 0 aliphatic carbocycles. The van der Waals surface area contributed by atoms with Crippen LogP contribution in [0.25, 0.3) is 0 Å². The lowest BCUT2D eigenvalue weighted by molar-refractivity contribution is -0.148. The van der Waals surface area contributed by atoms with Crippen LogP contribution in [-0.2, 0) is 9.53 Å². The van der Waals surface area contributed by atoms with Crippen molar-refractivity contribution in [3.05, 3.63) is 24.3 Å². The highest BCUT2D eigenvalue weighted by atomic mass is 16.5. The van der Waals surface area contributed by atoms with Crippen LogP contribution in [0.3, 0.4) is 0 Å². The minimum Gasteiger partial charge on any atom is -0.462 e. The van der Waals surface area contributed by atoms with Gasteiger partial charge in [-0.2, -0.15) is 0 Å². The average molecular weight is 282 g/mol. The molecule has 0 radical (unpaired) electrons. The van der Waals surface area contributed by atoms with Crippen LogP contribution in [0.4, 0.5) is 0 Å². The second-order valence-corrected chi connectivity index (χ2v) is 5.50. The van der Waals surface area contributed by atoms with Gasteiger partial charge in [-0.1, -0.05) is 64.3 Å². The third-order valence-corrected chi connectivity index (χ3v) is 3.11. The van der Waals surface area contributed by atoms with E-state index in [1.165, 1.54) is 19.8 Å². The van der Waals surface area contributed by atoms with Crippen LogP contribution in [0.2, 0.25) is 0 Å². The van der Waals surface area contributed by atoms with Crippen LogP contribution in [0, 0.1) is 5.92 Å². The lowest BCUT2D eigenvalue weighted by Gasteiger charge is -2.18. The molecule has 0 saturated heterocycles. The molecule has 0 spiro atoms. The van der Waals surface area contributed by atoms with Gasteiger partial charge in [-0.05, 0) is 12.3 Å². The number of unbranched alkanes of at least 4 members (excludes halogenated alkanes) is 2. The molecule has 2 atom stereocenters. The SMILES string of the molecule is CCCCC[C@@H](O)/C=C/C=C/C[C@@H](OC(C)=O)C(C)C. The number of ether oxygens (including phenoxy) is 1. The van der Waals surface area contributed by atoms with Crippen LogP contribution < -0.4 is 0 Å². The van der Waals surface area contributed by atoms with E-state index >= 15 is 0 Å². The average Bonchev–Trinajstić information content (AvgIpc) is 2.36. The van der Waals surface area contributed by atoms with Gasteiger partial charge < -0.3 is 9.84 Å². The predicted octanol–water partition coefficient (Wildman–Crippen LogP) is 4.02. The predicted molar refractivity (Wildman–Crippen MR) is 83.4 cm³/mol. The largest absolute Gasteiger partial charge is 0.462 e. The first kappa shape index (κ1) is 18.9. The molecule has 0 saturated carbocycles. The van der Waals surface area contributed by atoms with Gasteiger partial charge in [-0.3, -0.25) is 4.79 Å². The van der Waals surface area contributed by atoms with Gasteiger partial charge in [-0.25, -0.2) is 0 Å². The Labute approximate surface area is 123 Å². The molecule has 0 amide bonds. The number of carbonyl (C=O) groups excluding carboxylic acids is 1. The highest BCUT2D eigenvalue weighted by molar-refractivity contribution is 5.66. The molecule has 3 nitrogen and oxygen atoms in total. The van der Waals surface area contributed by atoms with E-state index in [9.17, 15) is 9.90 Å². The second kappa shape index (κ2) is 11.7. The molecule has 20 heavy (non-hydrogen) atoms. The van der Waals surface area contributed by atoms with Crippen LogP contribution >= 0.6 is 0 Å². The molecule has 1 N–H and O–H groups in total. The number of hydrogen-bond donors (Lipinski definition) is 1. The van der Waals surface area contributed by atoms with Crippen molar-refractivity contribution in [3.63, 3.8) is 0 Å². The number of esters is 1. The zero-order valence-electron chi connectivity index (χ0n) is 13.3. The van der Waals surface area contributed by atoms with Gasteiger partial charge in [0.05, 0.1) is 6.10 Å². The molecular formula is C17H30O3. The van der Waals surface area contributed by atoms with Crippen molar-refractivity contribution in [2.45, 2.75) is 72.0 Å². The summed E-state index contributed by atoms with van der Waals surface area (Å²) in [5.41, 5.74) is 0. The quantitative estimate of drug-likeness (QED) is 0.374. The van der Waals surface area contributed by atoms with Crippen LogP contribution in [-0.4, -0.2) is 23.3 Å². The third kappa shape index (κ3) is 10.8. The molecule has 0 aromatic rings. The Bertz CT molecular complexity index is 305. The Morgan fingerprint density at radius 2 is 1.95 bits per heavy atom. The molecule has 0 aliphatic rings. The molecule has 3 heteroatoms. The minimum atomic E-state index is -0.361. The van der Waals surface area contributed by atoms with Gasteiger partial charge in [0.15, 0.2) is 0 Å². The minimum absolute atomic E-state index is 0.0772. The Morgan fingerprint density at radius 3 is 2.50 bits per heavy atom. The Kier molecular flexibility index (Phi) is 11.1. The van der Waals surface area contributed by atoms with E-state index in [-0.39, 0.29) is 18.2 Å². The van der Waals surface area contributed by atoms with Gasteiger partial charge in [0.2, 0.25) is 0 Å². The van der Waals surface area contributed by atoms with Crippen molar-refractivity contribution in [1.82, 2.24) is 0 Å². The highest BCUT2D eigenvalue weighted by Crippen LogP contribution is 2.12. The van der Waals surface area contributed by atoms with Gasteiger partial charge in [0.25, 0.3) is 0 Å². The van der Waals surface area contributed by atoms with Gasteiger partial charge in [0, 0.05) is 13.3 Å². The standard InChI is InChI=1S/C17H30O3/c1-5-6-8-11-16(19)12-9-7-10-13-17(14(2)3)20-15(4)18/h7,9-10,12,14,16-17,19H,5-6,8,11,13H2,1-4H3/b10-7+,12-9+/t16-,17-/m1/s1. The third-order valence-electron chi connectivity index (χ3n) is 3.11. The van der Waals surface area contributed by atoms with E-state index in [4.69, 9.17) is 4.74 Å². The fourth-order valence-electron chi connectivity index (χ4n) is 1.85. The maximum absolute atomic E-state index is 11.0. The Balaban J connectivity index is 4.00. The van der Waals surface area contributed by atoms with E-state index in [0.29, 0.717) is 12.3 Å². The maximum atomic E-state index is 11.0. The van der Waals surface area contributed by atoms with Crippen molar-refractivity contribution in [1.29, 1.82) is 0 Å². The van der Waals surface area contributed by atoms with Crippen molar-refractivity contribution in [2.24, 2.45) is 5.92 Å². The summed E-state index contributed by atoms with van der Waals surface area (Å²) in [4.78, 5) is 11.0. The van der Waals surface area contributed by atoms with Crippen molar-refractivity contribution in [2.75, 3.05) is 0 Å². The van der Waals surface area contributed by atoms with Gasteiger partial charge >= 0.3 is 5.97 Å². The maximum Gasteiger partial charge on any atom is 0.302 e. The first-order chi connectivity index (χ1) is 9.47. The van der Waals surface area contributed by atoms with Crippen LogP contribution in [0.15, 0.2) is 24.3 Å². The summed E-state index contributed by atoms with van der Waals surface area (Å²) < 4.78 is 5.24. The number of aliphatic hydroxyl groups is 1. The fourth-order valence-corrected chi connectivity index (χ4v) is 1.85. The molecule has 0 heterocycles. The summed E-state index contributed by atoms with van der Waals surface area (Å²) in [6.07, 6.45) is 12.0. The summed E-state index contributed by atoms with van der Waals surface area (Å²) in [6, 6.07) is 0. The summed E-state index contributed by atoms with van der Waals surface area (Å²) in [5, 5.41) is 9.70. The van der Waals surface area contributed by atoms with Gasteiger partial charge in [-0.15, -0.1) is 0 Å². The lowest BCUT2D eigenvalue weighted by atomic mass is 10.0. The monoisotopic (exact) mass is 282 g/mol.